The van der Waals surface area contributed by atoms with Crippen LogP contribution in [0.15, 0.2) is 30.3 Å². The molecule has 0 bridgehead atoms. The van der Waals surface area contributed by atoms with Crippen molar-refractivity contribution in [2.24, 2.45) is 11.8 Å². The molecular formula is C17H26N4O2. The van der Waals surface area contributed by atoms with E-state index in [1.54, 1.807) is 14.2 Å². The summed E-state index contributed by atoms with van der Waals surface area (Å²) in [5, 5.41) is 0. The summed E-state index contributed by atoms with van der Waals surface area (Å²) in [6, 6.07) is 11.4. The van der Waals surface area contributed by atoms with Gasteiger partial charge in [0.05, 0.1) is 24.4 Å². The van der Waals surface area contributed by atoms with Gasteiger partial charge in [0.1, 0.15) is 0 Å². The number of benzene rings is 1. The van der Waals surface area contributed by atoms with Crippen LogP contribution >= 0.6 is 0 Å². The second-order valence-corrected chi connectivity index (χ2v) is 6.81. The molecule has 4 rings (SSSR count). The van der Waals surface area contributed by atoms with Crippen LogP contribution in [0, 0.1) is 11.8 Å². The predicted molar refractivity (Wildman–Crippen MR) is 87.1 cm³/mol. The molecule has 2 saturated heterocycles. The van der Waals surface area contributed by atoms with E-state index in [0.717, 1.165) is 12.8 Å². The molecule has 1 aromatic rings. The van der Waals surface area contributed by atoms with Crippen molar-refractivity contribution in [1.29, 1.82) is 0 Å². The maximum atomic E-state index is 5.72. The molecular weight excluding hydrogens is 292 g/mol. The highest BCUT2D eigenvalue weighted by molar-refractivity contribution is 5.22. The quantitative estimate of drug-likeness (QED) is 0.658. The van der Waals surface area contributed by atoms with Gasteiger partial charge in [0.2, 0.25) is 0 Å². The fraction of sp³-hybridized carbons (Fsp3) is 0.647. The van der Waals surface area contributed by atoms with Crippen LogP contribution in [0.4, 0.5) is 0 Å². The summed E-state index contributed by atoms with van der Waals surface area (Å²) < 4.78 is 11.4. The number of fused-ring (bicyclic) bond motifs is 3. The number of hydrogen-bond acceptors (Lipinski definition) is 6. The van der Waals surface area contributed by atoms with Gasteiger partial charge in [-0.1, -0.05) is 30.3 Å². The summed E-state index contributed by atoms with van der Waals surface area (Å²) in [5.41, 5.74) is 15.1. The third-order valence-electron chi connectivity index (χ3n) is 5.77. The monoisotopic (exact) mass is 318 g/mol. The average Bonchev–Trinajstić information content (AvgIpc) is 3.05. The van der Waals surface area contributed by atoms with Crippen molar-refractivity contribution in [3.63, 3.8) is 0 Å². The number of nitrogens with one attached hydrogen (secondary N) is 4. The van der Waals surface area contributed by atoms with Crippen molar-refractivity contribution in [2.75, 3.05) is 14.2 Å². The van der Waals surface area contributed by atoms with Crippen molar-refractivity contribution in [2.45, 2.75) is 43.3 Å². The third-order valence-corrected chi connectivity index (χ3v) is 5.77. The Hall–Kier alpha value is -1.02. The molecule has 4 N–H and O–H groups in total. The number of hydrazine groups is 2. The molecule has 2 heterocycles. The van der Waals surface area contributed by atoms with Crippen LogP contribution in [0.25, 0.3) is 0 Å². The average molecular weight is 318 g/mol. The lowest BCUT2D eigenvalue weighted by Gasteiger charge is -2.48. The number of hydrogen-bond donors (Lipinski definition) is 4. The van der Waals surface area contributed by atoms with Gasteiger partial charge in [-0.05, 0) is 24.3 Å². The largest absolute Gasteiger partial charge is 0.379 e. The normalized spacial score (nSPS) is 43.0. The fourth-order valence-corrected chi connectivity index (χ4v) is 4.60. The molecule has 7 unspecified atom stereocenters. The number of methoxy groups -OCH3 is 2. The Bertz CT molecular complexity index is 529. The Morgan fingerprint density at radius 1 is 0.870 bits per heavy atom. The maximum Gasteiger partial charge on any atom is 0.0882 e. The Morgan fingerprint density at radius 3 is 2.30 bits per heavy atom. The summed E-state index contributed by atoms with van der Waals surface area (Å²) in [5.74, 6) is 1.00. The zero-order valence-corrected chi connectivity index (χ0v) is 13.7. The molecule has 3 fully saturated rings. The van der Waals surface area contributed by atoms with Gasteiger partial charge in [-0.3, -0.25) is 5.43 Å². The lowest BCUT2D eigenvalue weighted by atomic mass is 9.69. The van der Waals surface area contributed by atoms with Crippen molar-refractivity contribution in [3.05, 3.63) is 35.9 Å². The molecule has 0 amide bonds. The predicted octanol–water partition coefficient (Wildman–Crippen LogP) is 0.694. The van der Waals surface area contributed by atoms with E-state index in [0.29, 0.717) is 23.9 Å². The maximum absolute atomic E-state index is 5.72. The minimum atomic E-state index is 0.157. The Morgan fingerprint density at radius 2 is 1.57 bits per heavy atom. The van der Waals surface area contributed by atoms with E-state index in [2.05, 4.69) is 52.0 Å². The van der Waals surface area contributed by atoms with Crippen LogP contribution < -0.4 is 21.7 Å². The van der Waals surface area contributed by atoms with Crippen LogP contribution in [-0.2, 0) is 9.47 Å². The van der Waals surface area contributed by atoms with Gasteiger partial charge in [-0.2, -0.15) is 0 Å². The van der Waals surface area contributed by atoms with Gasteiger partial charge in [-0.25, -0.2) is 16.3 Å². The van der Waals surface area contributed by atoms with Gasteiger partial charge in [0.15, 0.2) is 0 Å². The zero-order chi connectivity index (χ0) is 15.8. The molecule has 0 spiro atoms. The molecule has 6 nitrogen and oxygen atoms in total. The highest BCUT2D eigenvalue weighted by Gasteiger charge is 2.51. The van der Waals surface area contributed by atoms with Gasteiger partial charge < -0.3 is 9.47 Å². The summed E-state index contributed by atoms with van der Waals surface area (Å²) in [6.45, 7) is 0. The summed E-state index contributed by atoms with van der Waals surface area (Å²) in [6.07, 6.45) is 2.53. The molecule has 0 aromatic heterocycles. The smallest absolute Gasteiger partial charge is 0.0882 e. The second kappa shape index (κ2) is 6.47. The first-order valence-corrected chi connectivity index (χ1v) is 8.44. The zero-order valence-electron chi connectivity index (χ0n) is 13.7. The van der Waals surface area contributed by atoms with Crippen molar-refractivity contribution >= 4 is 0 Å². The topological polar surface area (TPSA) is 66.6 Å². The van der Waals surface area contributed by atoms with Gasteiger partial charge in [0, 0.05) is 26.2 Å². The number of rotatable bonds is 3. The standard InChI is InChI=1S/C17H26N4O2/c1-22-13-8-11-12(9-14(13)23-2)18-20-17-15(11)16(19-21-17)10-6-4-3-5-7-10/h3-7,11-21H,8-9H2,1-2H3. The summed E-state index contributed by atoms with van der Waals surface area (Å²) >= 11 is 0. The minimum Gasteiger partial charge on any atom is -0.379 e. The first kappa shape index (κ1) is 15.5. The van der Waals surface area contributed by atoms with Gasteiger partial charge in [0.25, 0.3) is 0 Å². The Kier molecular flexibility index (Phi) is 4.36. The van der Waals surface area contributed by atoms with E-state index >= 15 is 0 Å². The third kappa shape index (κ3) is 2.69. The van der Waals surface area contributed by atoms with E-state index in [9.17, 15) is 0 Å². The number of ether oxygens (including phenoxy) is 2. The molecule has 6 heteroatoms. The lowest BCUT2D eigenvalue weighted by molar-refractivity contribution is -0.0995. The van der Waals surface area contributed by atoms with E-state index < -0.39 is 0 Å². The summed E-state index contributed by atoms with van der Waals surface area (Å²) in [7, 11) is 3.57. The van der Waals surface area contributed by atoms with E-state index in [1.807, 2.05) is 0 Å². The highest BCUT2D eigenvalue weighted by Crippen LogP contribution is 2.43. The molecule has 1 aliphatic carbocycles. The van der Waals surface area contributed by atoms with Crippen LogP contribution in [0.2, 0.25) is 0 Å². The molecule has 126 valence electrons. The van der Waals surface area contributed by atoms with Crippen molar-refractivity contribution in [3.8, 4) is 0 Å². The second-order valence-electron chi connectivity index (χ2n) is 6.81. The van der Waals surface area contributed by atoms with Crippen molar-refractivity contribution in [1.82, 2.24) is 21.7 Å². The van der Waals surface area contributed by atoms with E-state index in [-0.39, 0.29) is 18.4 Å². The Labute approximate surface area is 137 Å². The van der Waals surface area contributed by atoms with Crippen LogP contribution in [0.1, 0.15) is 24.4 Å². The molecule has 1 aromatic carbocycles. The molecule has 0 radical (unpaired) electrons. The van der Waals surface area contributed by atoms with E-state index in [1.165, 1.54) is 5.56 Å². The van der Waals surface area contributed by atoms with Crippen LogP contribution in [0.5, 0.6) is 0 Å². The SMILES string of the molecule is COC1CC2NNC3NNC(c4ccccc4)C3C2CC1OC. The Balaban J connectivity index is 1.60. The first-order chi connectivity index (χ1) is 11.3. The molecule has 2 aliphatic heterocycles. The van der Waals surface area contributed by atoms with Crippen LogP contribution in [-0.4, -0.2) is 38.6 Å². The molecule has 1 saturated carbocycles. The van der Waals surface area contributed by atoms with Crippen LogP contribution in [0.3, 0.4) is 0 Å². The molecule has 7 atom stereocenters. The highest BCUT2D eigenvalue weighted by atomic mass is 16.5. The van der Waals surface area contributed by atoms with Gasteiger partial charge in [-0.15, -0.1) is 0 Å². The van der Waals surface area contributed by atoms with E-state index in [4.69, 9.17) is 9.47 Å². The minimum absolute atomic E-state index is 0.157. The molecule has 3 aliphatic rings. The lowest BCUT2D eigenvalue weighted by Crippen LogP contribution is -2.66. The summed E-state index contributed by atoms with van der Waals surface area (Å²) in [4.78, 5) is 0. The first-order valence-electron chi connectivity index (χ1n) is 8.44. The molecule has 23 heavy (non-hydrogen) atoms. The fourth-order valence-electron chi connectivity index (χ4n) is 4.60. The van der Waals surface area contributed by atoms with Crippen molar-refractivity contribution < 1.29 is 9.47 Å². The van der Waals surface area contributed by atoms with Gasteiger partial charge >= 0.3 is 0 Å².